The average molecular weight is 286 g/mol. The first-order valence-corrected chi connectivity index (χ1v) is 7.08. The molecule has 102 valence electrons. The summed E-state index contributed by atoms with van der Waals surface area (Å²) < 4.78 is 6.56. The van der Waals surface area contributed by atoms with Crippen LogP contribution in [0.2, 0.25) is 0 Å². The number of nitrogens with zero attached hydrogens (tertiary/aromatic N) is 2. The Morgan fingerprint density at radius 2 is 2.20 bits per heavy atom. The van der Waals surface area contributed by atoms with Crippen LogP contribution in [-0.2, 0) is 0 Å². The maximum atomic E-state index is 5.73. The molecule has 2 aromatic heterocycles. The second-order valence-corrected chi connectivity index (χ2v) is 5.21. The normalized spacial score (nSPS) is 10.7. The number of aromatic nitrogens is 2. The SMILES string of the molecule is CCOc1ccc2nc(Nc3cc(N)ccn3)sc2c1. The van der Waals surface area contributed by atoms with E-state index in [-0.39, 0.29) is 0 Å². The van der Waals surface area contributed by atoms with Crippen LogP contribution in [0.15, 0.2) is 36.5 Å². The van der Waals surface area contributed by atoms with Crippen LogP contribution in [0.1, 0.15) is 6.92 Å². The quantitative estimate of drug-likeness (QED) is 0.769. The lowest BCUT2D eigenvalue weighted by Gasteiger charge is -2.01. The minimum Gasteiger partial charge on any atom is -0.494 e. The maximum absolute atomic E-state index is 5.73. The van der Waals surface area contributed by atoms with E-state index >= 15 is 0 Å². The van der Waals surface area contributed by atoms with E-state index in [1.807, 2.05) is 25.1 Å². The Morgan fingerprint density at radius 3 is 3.00 bits per heavy atom. The number of pyridine rings is 1. The summed E-state index contributed by atoms with van der Waals surface area (Å²) in [7, 11) is 0. The van der Waals surface area contributed by atoms with Crippen LogP contribution in [0.5, 0.6) is 5.75 Å². The fourth-order valence-corrected chi connectivity index (χ4v) is 2.74. The van der Waals surface area contributed by atoms with Crippen molar-refractivity contribution in [1.82, 2.24) is 9.97 Å². The summed E-state index contributed by atoms with van der Waals surface area (Å²) in [5.41, 5.74) is 7.33. The third kappa shape index (κ3) is 2.65. The number of hydrogen-bond donors (Lipinski definition) is 2. The molecule has 0 atom stereocenters. The van der Waals surface area contributed by atoms with Gasteiger partial charge < -0.3 is 15.8 Å². The standard InChI is InChI=1S/C14H14N4OS/c1-2-19-10-3-4-11-12(8-10)20-14(17-11)18-13-7-9(15)5-6-16-13/h3-8H,2H2,1H3,(H3,15,16,17,18). The number of nitrogens with one attached hydrogen (secondary N) is 1. The van der Waals surface area contributed by atoms with Gasteiger partial charge in [-0.1, -0.05) is 11.3 Å². The van der Waals surface area contributed by atoms with Crippen LogP contribution < -0.4 is 15.8 Å². The van der Waals surface area contributed by atoms with E-state index in [2.05, 4.69) is 15.3 Å². The van der Waals surface area contributed by atoms with Gasteiger partial charge in [-0.3, -0.25) is 0 Å². The monoisotopic (exact) mass is 286 g/mol. The van der Waals surface area contributed by atoms with Gasteiger partial charge in [0.05, 0.1) is 16.8 Å². The molecule has 0 unspecified atom stereocenters. The highest BCUT2D eigenvalue weighted by Crippen LogP contribution is 2.30. The molecule has 5 nitrogen and oxygen atoms in total. The van der Waals surface area contributed by atoms with Gasteiger partial charge in [0.2, 0.25) is 0 Å². The van der Waals surface area contributed by atoms with Crippen molar-refractivity contribution in [1.29, 1.82) is 0 Å². The van der Waals surface area contributed by atoms with Gasteiger partial charge in [0.15, 0.2) is 5.13 Å². The van der Waals surface area contributed by atoms with Crippen LogP contribution in [0.3, 0.4) is 0 Å². The highest BCUT2D eigenvalue weighted by molar-refractivity contribution is 7.22. The number of ether oxygens (including phenoxy) is 1. The number of fused-ring (bicyclic) bond motifs is 1. The number of thiazole rings is 1. The van der Waals surface area contributed by atoms with E-state index in [1.165, 1.54) is 0 Å². The Balaban J connectivity index is 1.89. The number of rotatable bonds is 4. The van der Waals surface area contributed by atoms with Gasteiger partial charge in [-0.15, -0.1) is 0 Å². The van der Waals surface area contributed by atoms with E-state index in [9.17, 15) is 0 Å². The van der Waals surface area contributed by atoms with E-state index in [0.717, 1.165) is 21.1 Å². The number of anilines is 3. The molecule has 0 aliphatic rings. The fourth-order valence-electron chi connectivity index (χ4n) is 1.84. The first kappa shape index (κ1) is 12.7. The first-order valence-electron chi connectivity index (χ1n) is 6.26. The van der Waals surface area contributed by atoms with Crippen molar-refractivity contribution in [3.63, 3.8) is 0 Å². The zero-order chi connectivity index (χ0) is 13.9. The summed E-state index contributed by atoms with van der Waals surface area (Å²) in [6.45, 7) is 2.62. The Kier molecular flexibility index (Phi) is 3.39. The molecule has 0 fully saturated rings. The molecule has 0 bridgehead atoms. The Morgan fingerprint density at radius 1 is 1.30 bits per heavy atom. The molecule has 20 heavy (non-hydrogen) atoms. The van der Waals surface area contributed by atoms with Gasteiger partial charge in [-0.05, 0) is 31.2 Å². The largest absolute Gasteiger partial charge is 0.494 e. The molecule has 3 aromatic rings. The van der Waals surface area contributed by atoms with Gasteiger partial charge in [-0.25, -0.2) is 9.97 Å². The van der Waals surface area contributed by atoms with Gasteiger partial charge in [0.1, 0.15) is 11.6 Å². The van der Waals surface area contributed by atoms with Crippen molar-refractivity contribution >= 4 is 38.2 Å². The number of nitrogens with two attached hydrogens (primary N) is 1. The molecule has 1 aromatic carbocycles. The smallest absolute Gasteiger partial charge is 0.189 e. The molecule has 2 heterocycles. The summed E-state index contributed by atoms with van der Waals surface area (Å²) in [5.74, 6) is 1.55. The predicted molar refractivity (Wildman–Crippen MR) is 82.7 cm³/mol. The zero-order valence-corrected chi connectivity index (χ0v) is 11.8. The number of nitrogen functional groups attached to an aromatic ring is 1. The van der Waals surface area contributed by atoms with Gasteiger partial charge in [0.25, 0.3) is 0 Å². The van der Waals surface area contributed by atoms with Crippen molar-refractivity contribution in [2.75, 3.05) is 17.7 Å². The highest BCUT2D eigenvalue weighted by atomic mass is 32.1. The lowest BCUT2D eigenvalue weighted by atomic mass is 10.3. The maximum Gasteiger partial charge on any atom is 0.189 e. The first-order chi connectivity index (χ1) is 9.74. The van der Waals surface area contributed by atoms with Crippen LogP contribution in [0.4, 0.5) is 16.6 Å². The molecule has 6 heteroatoms. The van der Waals surface area contributed by atoms with Crippen LogP contribution in [0.25, 0.3) is 10.2 Å². The number of benzene rings is 1. The molecule has 0 saturated carbocycles. The third-order valence-electron chi connectivity index (χ3n) is 2.69. The molecule has 0 saturated heterocycles. The topological polar surface area (TPSA) is 73.1 Å². The van der Waals surface area contributed by atoms with Crippen LogP contribution >= 0.6 is 11.3 Å². The second kappa shape index (κ2) is 5.34. The lowest BCUT2D eigenvalue weighted by Crippen LogP contribution is -1.94. The lowest BCUT2D eigenvalue weighted by molar-refractivity contribution is 0.341. The third-order valence-corrected chi connectivity index (χ3v) is 3.62. The summed E-state index contributed by atoms with van der Waals surface area (Å²) in [5, 5.41) is 3.95. The van der Waals surface area contributed by atoms with Gasteiger partial charge in [-0.2, -0.15) is 0 Å². The van der Waals surface area contributed by atoms with E-state index in [0.29, 0.717) is 18.1 Å². The molecule has 3 rings (SSSR count). The second-order valence-electron chi connectivity index (χ2n) is 4.18. The van der Waals surface area contributed by atoms with Crippen LogP contribution in [-0.4, -0.2) is 16.6 Å². The van der Waals surface area contributed by atoms with Crippen molar-refractivity contribution in [3.05, 3.63) is 36.5 Å². The fraction of sp³-hybridized carbons (Fsp3) is 0.143. The Bertz CT molecular complexity index is 741. The van der Waals surface area contributed by atoms with Crippen molar-refractivity contribution in [2.24, 2.45) is 0 Å². The molecule has 0 aliphatic carbocycles. The molecule has 0 radical (unpaired) electrons. The van der Waals surface area contributed by atoms with Gasteiger partial charge in [0, 0.05) is 18.0 Å². The van der Waals surface area contributed by atoms with E-state index in [4.69, 9.17) is 10.5 Å². The van der Waals surface area contributed by atoms with E-state index < -0.39 is 0 Å². The van der Waals surface area contributed by atoms with Crippen molar-refractivity contribution < 1.29 is 4.74 Å². The average Bonchev–Trinajstić information content (AvgIpc) is 2.80. The van der Waals surface area contributed by atoms with Crippen LogP contribution in [0, 0.1) is 0 Å². The zero-order valence-electron chi connectivity index (χ0n) is 11.0. The van der Waals surface area contributed by atoms with E-state index in [1.54, 1.807) is 29.7 Å². The Labute approximate surface area is 120 Å². The molecule has 0 aliphatic heterocycles. The molecular formula is C14H14N4OS. The highest BCUT2D eigenvalue weighted by Gasteiger charge is 2.06. The predicted octanol–water partition coefficient (Wildman–Crippen LogP) is 3.42. The molecular weight excluding hydrogens is 272 g/mol. The minimum absolute atomic E-state index is 0.655. The Hall–Kier alpha value is -2.34. The number of hydrogen-bond acceptors (Lipinski definition) is 6. The molecule has 0 amide bonds. The van der Waals surface area contributed by atoms with Crippen molar-refractivity contribution in [3.8, 4) is 5.75 Å². The van der Waals surface area contributed by atoms with Gasteiger partial charge >= 0.3 is 0 Å². The minimum atomic E-state index is 0.655. The molecule has 0 spiro atoms. The van der Waals surface area contributed by atoms with Crippen molar-refractivity contribution in [2.45, 2.75) is 6.92 Å². The summed E-state index contributed by atoms with van der Waals surface area (Å²) in [4.78, 5) is 8.71. The summed E-state index contributed by atoms with van der Waals surface area (Å²) in [6.07, 6.45) is 1.66. The summed E-state index contributed by atoms with van der Waals surface area (Å²) in [6, 6.07) is 9.40. The molecule has 3 N–H and O–H groups in total. The summed E-state index contributed by atoms with van der Waals surface area (Å²) >= 11 is 1.55.